The van der Waals surface area contributed by atoms with Crippen molar-refractivity contribution in [1.82, 2.24) is 14.8 Å². The summed E-state index contributed by atoms with van der Waals surface area (Å²) in [5.41, 5.74) is 3.46. The van der Waals surface area contributed by atoms with E-state index in [9.17, 15) is 9.59 Å². The molecule has 3 aromatic rings. The molecule has 29 heavy (non-hydrogen) atoms. The van der Waals surface area contributed by atoms with Gasteiger partial charge in [0.2, 0.25) is 0 Å². The van der Waals surface area contributed by atoms with Crippen molar-refractivity contribution in [2.75, 3.05) is 26.0 Å². The lowest BCUT2D eigenvalue weighted by molar-refractivity contribution is -0.136. The Bertz CT molecular complexity index is 1060. The van der Waals surface area contributed by atoms with Crippen molar-refractivity contribution < 1.29 is 9.59 Å². The van der Waals surface area contributed by atoms with E-state index in [2.05, 4.69) is 33.5 Å². The summed E-state index contributed by atoms with van der Waals surface area (Å²) >= 11 is 6.07. The van der Waals surface area contributed by atoms with E-state index < -0.39 is 11.8 Å². The lowest BCUT2D eigenvalue weighted by Gasteiger charge is -2.24. The number of rotatable bonds is 5. The molecule has 7 heteroatoms. The summed E-state index contributed by atoms with van der Waals surface area (Å²) in [6, 6.07) is 13.2. The summed E-state index contributed by atoms with van der Waals surface area (Å²) in [6.45, 7) is 2.10. The minimum Gasteiger partial charge on any atom is -0.350 e. The van der Waals surface area contributed by atoms with Crippen LogP contribution in [0.5, 0.6) is 0 Å². The maximum absolute atomic E-state index is 12.4. The highest BCUT2D eigenvalue weighted by Gasteiger charge is 2.22. The topological polar surface area (TPSA) is 66.4 Å². The molecule has 0 aliphatic rings. The molecule has 1 atom stereocenters. The summed E-state index contributed by atoms with van der Waals surface area (Å²) in [6.07, 6.45) is 2.07. The summed E-state index contributed by atoms with van der Waals surface area (Å²) in [5.74, 6) is -1.40. The van der Waals surface area contributed by atoms with Crippen molar-refractivity contribution >= 4 is 40.0 Å². The molecule has 3 rings (SSSR count). The average molecular weight is 413 g/mol. The van der Waals surface area contributed by atoms with E-state index in [0.717, 1.165) is 22.0 Å². The average Bonchev–Trinajstić information content (AvgIpc) is 3.02. The quantitative estimate of drug-likeness (QED) is 0.630. The van der Waals surface area contributed by atoms with Gasteiger partial charge in [-0.05, 0) is 50.3 Å². The third kappa shape index (κ3) is 4.44. The largest absolute Gasteiger partial charge is 0.350 e. The third-order valence-corrected chi connectivity index (χ3v) is 5.50. The molecule has 0 aliphatic carbocycles. The molecule has 0 unspecified atom stereocenters. The number of carbonyl (C=O) groups is 2. The van der Waals surface area contributed by atoms with Crippen LogP contribution >= 0.6 is 11.6 Å². The maximum atomic E-state index is 12.4. The molecule has 2 N–H and O–H groups in total. The summed E-state index contributed by atoms with van der Waals surface area (Å²) < 4.78 is 2.07. The van der Waals surface area contributed by atoms with E-state index in [1.54, 1.807) is 25.1 Å². The van der Waals surface area contributed by atoms with E-state index in [1.807, 2.05) is 38.2 Å². The van der Waals surface area contributed by atoms with Gasteiger partial charge in [-0.2, -0.15) is 0 Å². The Hall–Kier alpha value is -2.83. The van der Waals surface area contributed by atoms with Gasteiger partial charge in [-0.1, -0.05) is 35.9 Å². The van der Waals surface area contributed by atoms with Gasteiger partial charge < -0.3 is 20.1 Å². The Morgan fingerprint density at radius 3 is 2.55 bits per heavy atom. The van der Waals surface area contributed by atoms with Crippen molar-refractivity contribution in [2.24, 2.45) is 7.05 Å². The fourth-order valence-corrected chi connectivity index (χ4v) is 3.58. The molecule has 0 bridgehead atoms. The molecule has 0 aliphatic heterocycles. The van der Waals surface area contributed by atoms with Gasteiger partial charge in [-0.15, -0.1) is 0 Å². The van der Waals surface area contributed by atoms with E-state index in [1.165, 1.54) is 0 Å². The van der Waals surface area contributed by atoms with Crippen LogP contribution in [0.4, 0.5) is 5.69 Å². The Balaban J connectivity index is 1.72. The molecule has 6 nitrogen and oxygen atoms in total. The molecule has 0 radical (unpaired) electrons. The van der Waals surface area contributed by atoms with Crippen molar-refractivity contribution in [2.45, 2.75) is 13.0 Å². The number of nitrogens with zero attached hydrogens (tertiary/aromatic N) is 2. The number of anilines is 1. The van der Waals surface area contributed by atoms with Crippen LogP contribution in [0, 0.1) is 6.92 Å². The van der Waals surface area contributed by atoms with Gasteiger partial charge >= 0.3 is 11.8 Å². The van der Waals surface area contributed by atoms with Crippen LogP contribution in [0.25, 0.3) is 10.9 Å². The minimum atomic E-state index is -0.717. The number of hydrogen-bond donors (Lipinski definition) is 2. The molecule has 2 amide bonds. The van der Waals surface area contributed by atoms with Crippen LogP contribution < -0.4 is 10.6 Å². The highest BCUT2D eigenvalue weighted by molar-refractivity contribution is 6.40. The van der Waals surface area contributed by atoms with Crippen LogP contribution in [-0.2, 0) is 16.6 Å². The number of benzene rings is 2. The Kier molecular flexibility index (Phi) is 6.25. The lowest BCUT2D eigenvalue weighted by Crippen LogP contribution is -2.40. The van der Waals surface area contributed by atoms with E-state index in [0.29, 0.717) is 17.3 Å². The van der Waals surface area contributed by atoms with Gasteiger partial charge in [-0.3, -0.25) is 9.59 Å². The number of carbonyl (C=O) groups excluding carboxylic acids is 2. The van der Waals surface area contributed by atoms with Crippen LogP contribution in [0.3, 0.4) is 0 Å². The van der Waals surface area contributed by atoms with E-state index in [-0.39, 0.29) is 6.04 Å². The minimum absolute atomic E-state index is 0.0780. The highest BCUT2D eigenvalue weighted by atomic mass is 35.5. The second-order valence-corrected chi connectivity index (χ2v) is 7.68. The van der Waals surface area contributed by atoms with Gasteiger partial charge in [0.25, 0.3) is 0 Å². The fourth-order valence-electron chi connectivity index (χ4n) is 3.40. The Labute approximate surface area is 175 Å². The molecule has 1 heterocycles. The normalized spacial score (nSPS) is 12.2. The molecule has 152 valence electrons. The number of fused-ring (bicyclic) bond motifs is 1. The number of hydrogen-bond acceptors (Lipinski definition) is 3. The number of aryl methyl sites for hydroxylation is 1. The van der Waals surface area contributed by atoms with Crippen LogP contribution in [0.1, 0.15) is 17.2 Å². The molecule has 0 saturated carbocycles. The van der Waals surface area contributed by atoms with E-state index in [4.69, 9.17) is 11.6 Å². The molecular weight excluding hydrogens is 388 g/mol. The van der Waals surface area contributed by atoms with Crippen LogP contribution in [-0.4, -0.2) is 41.9 Å². The predicted molar refractivity (Wildman–Crippen MR) is 117 cm³/mol. The molecule has 0 spiro atoms. The molecule has 2 aromatic carbocycles. The zero-order chi connectivity index (χ0) is 21.1. The number of para-hydroxylation sites is 1. The number of amides is 2. The standard InChI is InChI=1S/C22H25ClN4O2/c1-14-17(23)9-7-10-18(14)25-22(29)21(28)24-12-20(26(2)3)16-13-27(4)19-11-6-5-8-15(16)19/h5-11,13,20H,12H2,1-4H3,(H,24,28)(H,25,29)/t20-/m0/s1. The summed E-state index contributed by atoms with van der Waals surface area (Å²) in [5, 5.41) is 7.04. The first kappa shape index (κ1) is 20.9. The van der Waals surface area contributed by atoms with Gasteiger partial charge in [0.15, 0.2) is 0 Å². The first-order chi connectivity index (χ1) is 13.8. The van der Waals surface area contributed by atoms with Gasteiger partial charge in [-0.25, -0.2) is 0 Å². The molecule has 0 fully saturated rings. The second-order valence-electron chi connectivity index (χ2n) is 7.27. The predicted octanol–water partition coefficient (Wildman–Crippen LogP) is 3.50. The fraction of sp³-hybridized carbons (Fsp3) is 0.273. The first-order valence-electron chi connectivity index (χ1n) is 9.34. The second kappa shape index (κ2) is 8.68. The van der Waals surface area contributed by atoms with Crippen molar-refractivity contribution in [3.8, 4) is 0 Å². The Morgan fingerprint density at radius 2 is 1.83 bits per heavy atom. The SMILES string of the molecule is Cc1c(Cl)cccc1NC(=O)C(=O)NC[C@@H](c1cn(C)c2ccccc12)N(C)C. The number of nitrogens with one attached hydrogen (secondary N) is 2. The Morgan fingerprint density at radius 1 is 1.10 bits per heavy atom. The van der Waals surface area contributed by atoms with E-state index >= 15 is 0 Å². The number of aromatic nitrogens is 1. The highest BCUT2D eigenvalue weighted by Crippen LogP contribution is 2.28. The molecule has 1 aromatic heterocycles. The summed E-state index contributed by atoms with van der Waals surface area (Å²) in [4.78, 5) is 26.7. The smallest absolute Gasteiger partial charge is 0.313 e. The third-order valence-electron chi connectivity index (χ3n) is 5.09. The monoisotopic (exact) mass is 412 g/mol. The number of likely N-dealkylation sites (N-methyl/N-ethyl adjacent to an activating group) is 1. The maximum Gasteiger partial charge on any atom is 0.313 e. The van der Waals surface area contributed by atoms with Crippen molar-refractivity contribution in [3.05, 3.63) is 64.8 Å². The van der Waals surface area contributed by atoms with Gasteiger partial charge in [0, 0.05) is 41.4 Å². The van der Waals surface area contributed by atoms with Crippen LogP contribution in [0.2, 0.25) is 5.02 Å². The van der Waals surface area contributed by atoms with Crippen LogP contribution in [0.15, 0.2) is 48.7 Å². The zero-order valence-electron chi connectivity index (χ0n) is 17.0. The molecule has 0 saturated heterocycles. The zero-order valence-corrected chi connectivity index (χ0v) is 17.7. The summed E-state index contributed by atoms with van der Waals surface area (Å²) in [7, 11) is 5.90. The van der Waals surface area contributed by atoms with Crippen molar-refractivity contribution in [1.29, 1.82) is 0 Å². The first-order valence-corrected chi connectivity index (χ1v) is 9.72. The molecular formula is C22H25ClN4O2. The van der Waals surface area contributed by atoms with Crippen molar-refractivity contribution in [3.63, 3.8) is 0 Å². The number of halogens is 1. The van der Waals surface area contributed by atoms with Gasteiger partial charge in [0.05, 0.1) is 6.04 Å². The lowest BCUT2D eigenvalue weighted by atomic mass is 10.0. The van der Waals surface area contributed by atoms with Gasteiger partial charge in [0.1, 0.15) is 0 Å².